The molecule has 102 valence electrons. The summed E-state index contributed by atoms with van der Waals surface area (Å²) in [5.74, 6) is 1.09. The van der Waals surface area contributed by atoms with Crippen LogP contribution in [-0.2, 0) is 19.4 Å². The number of aliphatic hydroxyl groups excluding tert-OH is 1. The summed E-state index contributed by atoms with van der Waals surface area (Å²) >= 11 is 0. The van der Waals surface area contributed by atoms with E-state index in [2.05, 4.69) is 35.6 Å². The zero-order valence-electron chi connectivity index (χ0n) is 11.7. The maximum Gasteiger partial charge on any atom is 0.106 e. The van der Waals surface area contributed by atoms with Crippen molar-refractivity contribution in [3.05, 3.63) is 17.2 Å². The van der Waals surface area contributed by atoms with E-state index in [1.165, 1.54) is 24.2 Å². The lowest BCUT2D eigenvalue weighted by Gasteiger charge is -2.22. The van der Waals surface area contributed by atoms with Gasteiger partial charge in [0.25, 0.3) is 0 Å². The minimum atomic E-state index is 0.115. The number of aromatic nitrogens is 2. The summed E-state index contributed by atoms with van der Waals surface area (Å²) in [4.78, 5) is 4.67. The number of aryl methyl sites for hydroxylation is 2. The summed E-state index contributed by atoms with van der Waals surface area (Å²) in [6.07, 6.45) is 4.78. The number of rotatable bonds is 5. The lowest BCUT2D eigenvalue weighted by atomic mass is 10.0. The van der Waals surface area contributed by atoms with Gasteiger partial charge in [0.05, 0.1) is 12.3 Å². The molecule has 1 atom stereocenters. The fourth-order valence-electron chi connectivity index (χ4n) is 2.83. The van der Waals surface area contributed by atoms with Gasteiger partial charge in [-0.25, -0.2) is 4.98 Å². The highest BCUT2D eigenvalue weighted by Crippen LogP contribution is 2.22. The number of nitrogens with one attached hydrogen (secondary N) is 1. The molecule has 1 aliphatic rings. The first-order valence-electron chi connectivity index (χ1n) is 7.03. The van der Waals surface area contributed by atoms with Gasteiger partial charge in [0.15, 0.2) is 0 Å². The van der Waals surface area contributed by atoms with Gasteiger partial charge >= 0.3 is 0 Å². The Balaban J connectivity index is 2.14. The van der Waals surface area contributed by atoms with E-state index in [1.54, 1.807) is 0 Å². The quantitative estimate of drug-likeness (QED) is 0.832. The van der Waals surface area contributed by atoms with E-state index in [4.69, 9.17) is 0 Å². The Morgan fingerprint density at radius 1 is 1.33 bits per heavy atom. The predicted octanol–water partition coefficient (Wildman–Crippen LogP) is 1.43. The Morgan fingerprint density at radius 2 is 2.06 bits per heavy atom. The second-order valence-electron chi connectivity index (χ2n) is 5.57. The molecule has 0 aliphatic heterocycles. The molecule has 1 aliphatic carbocycles. The van der Waals surface area contributed by atoms with Crippen LogP contribution in [0.1, 0.15) is 43.9 Å². The van der Waals surface area contributed by atoms with Crippen LogP contribution >= 0.6 is 0 Å². The molecule has 4 nitrogen and oxygen atoms in total. The van der Waals surface area contributed by atoms with Crippen LogP contribution in [0.3, 0.4) is 0 Å². The zero-order chi connectivity index (χ0) is 13.1. The Morgan fingerprint density at radius 3 is 2.72 bits per heavy atom. The molecule has 0 saturated carbocycles. The standard InChI is InChI=1S/C14H25N3O/c1-10(2)15-12(9-18)8-17-11(3)16-13-6-4-5-7-14(13)17/h10,12,15,18H,4-9H2,1-3H3. The van der Waals surface area contributed by atoms with E-state index < -0.39 is 0 Å². The molecular weight excluding hydrogens is 226 g/mol. The number of hydrogen-bond acceptors (Lipinski definition) is 3. The Kier molecular flexibility index (Phi) is 4.40. The summed E-state index contributed by atoms with van der Waals surface area (Å²) in [5, 5.41) is 12.9. The van der Waals surface area contributed by atoms with Crippen LogP contribution in [0.2, 0.25) is 0 Å². The van der Waals surface area contributed by atoms with Gasteiger partial charge in [0.1, 0.15) is 5.82 Å². The second kappa shape index (κ2) is 5.85. The van der Waals surface area contributed by atoms with Crippen molar-refractivity contribution in [3.63, 3.8) is 0 Å². The first-order chi connectivity index (χ1) is 8.61. The maximum absolute atomic E-state index is 9.47. The summed E-state index contributed by atoms with van der Waals surface area (Å²) in [6, 6.07) is 0.505. The van der Waals surface area contributed by atoms with Crippen molar-refractivity contribution in [1.29, 1.82) is 0 Å². The molecule has 0 amide bonds. The number of hydrogen-bond donors (Lipinski definition) is 2. The molecular formula is C14H25N3O. The van der Waals surface area contributed by atoms with Crippen LogP contribution in [0, 0.1) is 6.92 Å². The van der Waals surface area contributed by atoms with Crippen molar-refractivity contribution < 1.29 is 5.11 Å². The average Bonchev–Trinajstić information content (AvgIpc) is 2.64. The highest BCUT2D eigenvalue weighted by atomic mass is 16.3. The molecule has 1 aromatic rings. The van der Waals surface area contributed by atoms with Crippen LogP contribution in [0.25, 0.3) is 0 Å². The highest BCUT2D eigenvalue weighted by molar-refractivity contribution is 5.20. The van der Waals surface area contributed by atoms with E-state index >= 15 is 0 Å². The summed E-state index contributed by atoms with van der Waals surface area (Å²) in [7, 11) is 0. The van der Waals surface area contributed by atoms with Crippen LogP contribution in [0.4, 0.5) is 0 Å². The molecule has 1 unspecified atom stereocenters. The molecule has 0 fully saturated rings. The van der Waals surface area contributed by atoms with Gasteiger partial charge in [-0.3, -0.25) is 0 Å². The fraction of sp³-hybridized carbons (Fsp3) is 0.786. The molecule has 2 rings (SSSR count). The maximum atomic E-state index is 9.47. The average molecular weight is 251 g/mol. The SMILES string of the molecule is Cc1nc2c(n1CC(CO)NC(C)C)CCCC2. The topological polar surface area (TPSA) is 50.1 Å². The number of nitrogens with zero attached hydrogens (tertiary/aromatic N) is 2. The van der Waals surface area contributed by atoms with Crippen LogP contribution < -0.4 is 5.32 Å². The number of aliphatic hydroxyl groups is 1. The van der Waals surface area contributed by atoms with Gasteiger partial charge in [-0.05, 0) is 32.6 Å². The Bertz CT molecular complexity index is 398. The van der Waals surface area contributed by atoms with E-state index in [-0.39, 0.29) is 12.6 Å². The van der Waals surface area contributed by atoms with E-state index in [0.717, 1.165) is 25.2 Å². The molecule has 0 bridgehead atoms. The molecule has 1 heterocycles. The second-order valence-corrected chi connectivity index (χ2v) is 5.57. The van der Waals surface area contributed by atoms with Gasteiger partial charge in [0, 0.05) is 24.3 Å². The lowest BCUT2D eigenvalue weighted by molar-refractivity contribution is 0.220. The lowest BCUT2D eigenvalue weighted by Crippen LogP contribution is -2.41. The van der Waals surface area contributed by atoms with Gasteiger partial charge in [-0.15, -0.1) is 0 Å². The molecule has 0 aromatic carbocycles. The largest absolute Gasteiger partial charge is 0.395 e. The fourth-order valence-corrected chi connectivity index (χ4v) is 2.83. The van der Waals surface area contributed by atoms with E-state index in [9.17, 15) is 5.11 Å². The van der Waals surface area contributed by atoms with Gasteiger partial charge in [-0.1, -0.05) is 13.8 Å². The molecule has 0 spiro atoms. The van der Waals surface area contributed by atoms with E-state index in [1.807, 2.05) is 0 Å². The normalized spacial score (nSPS) is 16.9. The third-order valence-electron chi connectivity index (χ3n) is 3.62. The van der Waals surface area contributed by atoms with Crippen molar-refractivity contribution in [3.8, 4) is 0 Å². The van der Waals surface area contributed by atoms with Gasteiger partial charge in [0.2, 0.25) is 0 Å². The van der Waals surface area contributed by atoms with Crippen LogP contribution in [0.15, 0.2) is 0 Å². The summed E-state index contributed by atoms with van der Waals surface area (Å²) in [5.41, 5.74) is 2.67. The zero-order valence-corrected chi connectivity index (χ0v) is 11.7. The minimum Gasteiger partial charge on any atom is -0.395 e. The molecule has 0 saturated heterocycles. The van der Waals surface area contributed by atoms with Crippen molar-refractivity contribution in [2.45, 2.75) is 65.1 Å². The van der Waals surface area contributed by atoms with E-state index in [0.29, 0.717) is 6.04 Å². The van der Waals surface area contributed by atoms with Crippen molar-refractivity contribution >= 4 is 0 Å². The third-order valence-corrected chi connectivity index (χ3v) is 3.62. The van der Waals surface area contributed by atoms with Crippen molar-refractivity contribution in [2.24, 2.45) is 0 Å². The number of imidazole rings is 1. The highest BCUT2D eigenvalue weighted by Gasteiger charge is 2.20. The van der Waals surface area contributed by atoms with Crippen molar-refractivity contribution in [1.82, 2.24) is 14.9 Å². The smallest absolute Gasteiger partial charge is 0.106 e. The predicted molar refractivity (Wildman–Crippen MR) is 72.8 cm³/mol. The monoisotopic (exact) mass is 251 g/mol. The summed E-state index contributed by atoms with van der Waals surface area (Å²) in [6.45, 7) is 7.29. The van der Waals surface area contributed by atoms with Crippen LogP contribution in [-0.4, -0.2) is 33.3 Å². The summed E-state index contributed by atoms with van der Waals surface area (Å²) < 4.78 is 2.30. The van der Waals surface area contributed by atoms with Crippen LogP contribution in [0.5, 0.6) is 0 Å². The Labute approximate surface area is 109 Å². The first kappa shape index (κ1) is 13.6. The number of fused-ring (bicyclic) bond motifs is 1. The molecule has 4 heteroatoms. The molecule has 1 aromatic heterocycles. The minimum absolute atomic E-state index is 0.115. The molecule has 0 radical (unpaired) electrons. The molecule has 18 heavy (non-hydrogen) atoms. The van der Waals surface area contributed by atoms with Crippen molar-refractivity contribution in [2.75, 3.05) is 6.61 Å². The molecule has 2 N–H and O–H groups in total. The van der Waals surface area contributed by atoms with Gasteiger partial charge in [-0.2, -0.15) is 0 Å². The van der Waals surface area contributed by atoms with Gasteiger partial charge < -0.3 is 15.0 Å². The Hall–Kier alpha value is -0.870. The first-order valence-corrected chi connectivity index (χ1v) is 7.03. The third kappa shape index (κ3) is 2.93.